The Morgan fingerprint density at radius 1 is 0.800 bits per heavy atom. The van der Waals surface area contributed by atoms with Crippen molar-refractivity contribution >= 4 is 11.8 Å². The van der Waals surface area contributed by atoms with Crippen molar-refractivity contribution < 1.29 is 63.5 Å². The van der Waals surface area contributed by atoms with Gasteiger partial charge in [-0.1, -0.05) is 0 Å². The maximum Gasteiger partial charge on any atom is 0.217 e. The molecule has 40 heavy (non-hydrogen) atoms. The molecule has 2 fully saturated rings. The minimum absolute atomic E-state index is 0.0281. The van der Waals surface area contributed by atoms with Crippen LogP contribution in [0.1, 0.15) is 13.8 Å². The molecule has 0 saturated carbocycles. The second-order valence-electron chi connectivity index (χ2n) is 9.37. The minimum atomic E-state index is -1.60. The Hall–Kier alpha value is -2.60. The number of hydrogen-bond acceptors (Lipinski definition) is 13. The average Bonchev–Trinajstić information content (AvgIpc) is 2.93. The normalized spacial score (nSPS) is 34.1. The van der Waals surface area contributed by atoms with E-state index >= 15 is 0 Å². The number of rotatable bonds is 12. The van der Waals surface area contributed by atoms with E-state index < -0.39 is 86.3 Å². The standard InChI is InChI=1S/C25H38N2O13/c1-12(30)26-18-22(34)20(32)16(10-28)39-25(18)40-23-19(27-13(2)31)24(38-17(11-29)21(23)33)37-9-8-36-15-6-4-14(35-3)5-7-15/h4-7,16-25,28-29,32-34H,8-11H2,1-3H3,(H,26,30)(H,27,31)/t16-,17-,18-,19-,20+,21+,22-,23-,24-,25-/m1/s1. The molecule has 7 N–H and O–H groups in total. The highest BCUT2D eigenvalue weighted by molar-refractivity contribution is 5.73. The van der Waals surface area contributed by atoms with Gasteiger partial charge in [-0.05, 0) is 24.3 Å². The van der Waals surface area contributed by atoms with Gasteiger partial charge in [0.15, 0.2) is 12.6 Å². The number of nitrogens with one attached hydrogen (secondary N) is 2. The van der Waals surface area contributed by atoms with E-state index in [1.165, 1.54) is 13.8 Å². The lowest BCUT2D eigenvalue weighted by Gasteiger charge is -2.48. The predicted octanol–water partition coefficient (Wildman–Crippen LogP) is -3.00. The van der Waals surface area contributed by atoms with Gasteiger partial charge < -0.3 is 64.6 Å². The first-order valence-corrected chi connectivity index (χ1v) is 12.7. The van der Waals surface area contributed by atoms with Crippen molar-refractivity contribution in [2.45, 2.75) is 75.1 Å². The molecule has 15 nitrogen and oxygen atoms in total. The molecule has 0 bridgehead atoms. The molecule has 0 unspecified atom stereocenters. The summed E-state index contributed by atoms with van der Waals surface area (Å²) in [5.41, 5.74) is 0. The van der Waals surface area contributed by atoms with E-state index in [2.05, 4.69) is 10.6 Å². The Balaban J connectivity index is 1.77. The van der Waals surface area contributed by atoms with Gasteiger partial charge in [-0.15, -0.1) is 0 Å². The molecule has 2 saturated heterocycles. The van der Waals surface area contributed by atoms with Gasteiger partial charge in [0.2, 0.25) is 11.8 Å². The van der Waals surface area contributed by atoms with Crippen molar-refractivity contribution in [2.24, 2.45) is 0 Å². The summed E-state index contributed by atoms with van der Waals surface area (Å²) in [6.07, 6.45) is -11.3. The fourth-order valence-corrected chi connectivity index (χ4v) is 4.50. The smallest absolute Gasteiger partial charge is 0.217 e. The molecule has 0 aliphatic carbocycles. The van der Waals surface area contributed by atoms with Gasteiger partial charge >= 0.3 is 0 Å². The molecule has 226 valence electrons. The zero-order valence-corrected chi connectivity index (χ0v) is 22.4. The summed E-state index contributed by atoms with van der Waals surface area (Å²) in [5, 5.41) is 56.4. The van der Waals surface area contributed by atoms with Crippen LogP contribution >= 0.6 is 0 Å². The van der Waals surface area contributed by atoms with E-state index in [-0.39, 0.29) is 13.2 Å². The van der Waals surface area contributed by atoms with E-state index in [1.54, 1.807) is 31.4 Å². The van der Waals surface area contributed by atoms with Crippen LogP contribution in [0.15, 0.2) is 24.3 Å². The van der Waals surface area contributed by atoms with E-state index in [1.807, 2.05) is 0 Å². The van der Waals surface area contributed by atoms with Crippen LogP contribution in [0.3, 0.4) is 0 Å². The van der Waals surface area contributed by atoms with Crippen molar-refractivity contribution in [2.75, 3.05) is 33.5 Å². The molecule has 10 atom stereocenters. The summed E-state index contributed by atoms with van der Waals surface area (Å²) in [5.74, 6) is 0.113. The Morgan fingerprint density at radius 3 is 1.93 bits per heavy atom. The van der Waals surface area contributed by atoms with Crippen LogP contribution < -0.4 is 20.1 Å². The highest BCUT2D eigenvalue weighted by atomic mass is 16.7. The second kappa shape index (κ2) is 14.9. The molecule has 3 rings (SSSR count). The fourth-order valence-electron chi connectivity index (χ4n) is 4.50. The quantitative estimate of drug-likeness (QED) is 0.124. The molecule has 1 aromatic rings. The van der Waals surface area contributed by atoms with Gasteiger partial charge in [-0.3, -0.25) is 9.59 Å². The molecule has 2 amide bonds. The Bertz CT molecular complexity index is 951. The molecular weight excluding hydrogens is 536 g/mol. The highest BCUT2D eigenvalue weighted by Gasteiger charge is 2.52. The zero-order chi connectivity index (χ0) is 29.4. The van der Waals surface area contributed by atoms with E-state index in [0.717, 1.165) is 0 Å². The van der Waals surface area contributed by atoms with E-state index in [0.29, 0.717) is 11.5 Å². The lowest BCUT2D eigenvalue weighted by atomic mass is 9.94. The molecule has 1 aromatic carbocycles. The van der Waals surface area contributed by atoms with Crippen molar-refractivity contribution in [1.82, 2.24) is 10.6 Å². The van der Waals surface area contributed by atoms with E-state index in [4.69, 9.17) is 28.4 Å². The maximum absolute atomic E-state index is 12.1. The number of ether oxygens (including phenoxy) is 6. The summed E-state index contributed by atoms with van der Waals surface area (Å²) in [4.78, 5) is 23.9. The predicted molar refractivity (Wildman–Crippen MR) is 134 cm³/mol. The first kappa shape index (κ1) is 31.9. The van der Waals surface area contributed by atoms with Gasteiger partial charge in [-0.25, -0.2) is 0 Å². The third-order valence-corrected chi connectivity index (χ3v) is 6.46. The topological polar surface area (TPSA) is 215 Å². The third kappa shape index (κ3) is 7.99. The summed E-state index contributed by atoms with van der Waals surface area (Å²) < 4.78 is 33.9. The molecule has 0 aromatic heterocycles. The highest BCUT2D eigenvalue weighted by Crippen LogP contribution is 2.30. The first-order valence-electron chi connectivity index (χ1n) is 12.7. The number of benzene rings is 1. The zero-order valence-electron chi connectivity index (χ0n) is 22.4. The number of carbonyl (C=O) groups excluding carboxylic acids is 2. The minimum Gasteiger partial charge on any atom is -0.497 e. The summed E-state index contributed by atoms with van der Waals surface area (Å²) in [7, 11) is 1.55. The van der Waals surface area contributed by atoms with Crippen molar-refractivity contribution in [3.8, 4) is 11.5 Å². The van der Waals surface area contributed by atoms with Gasteiger partial charge in [0.25, 0.3) is 0 Å². The molecule has 0 spiro atoms. The lowest BCUT2D eigenvalue weighted by Crippen LogP contribution is -2.69. The van der Waals surface area contributed by atoms with Crippen molar-refractivity contribution in [1.29, 1.82) is 0 Å². The maximum atomic E-state index is 12.1. The largest absolute Gasteiger partial charge is 0.497 e. The van der Waals surface area contributed by atoms with Gasteiger partial charge in [0.05, 0.1) is 26.9 Å². The molecular formula is C25H38N2O13. The van der Waals surface area contributed by atoms with Crippen LogP contribution in [0, 0.1) is 0 Å². The number of carbonyl (C=O) groups is 2. The molecule has 0 radical (unpaired) electrons. The number of methoxy groups -OCH3 is 1. The molecule has 15 heteroatoms. The number of aliphatic hydroxyl groups excluding tert-OH is 5. The van der Waals surface area contributed by atoms with Gasteiger partial charge in [0.1, 0.15) is 66.8 Å². The molecule has 2 aliphatic rings. The lowest BCUT2D eigenvalue weighted by molar-refractivity contribution is -0.328. The second-order valence-corrected chi connectivity index (χ2v) is 9.37. The first-order chi connectivity index (χ1) is 19.1. The SMILES string of the molecule is COc1ccc(OCCO[C@@H]2O[C@H](CO)[C@H](O)[C@H](O[C@H]3O[C@H](CO)[C@H](O)[C@H](O)[C@H]3NC(C)=O)[C@H]2NC(C)=O)cc1. The number of hydrogen-bond donors (Lipinski definition) is 7. The Morgan fingerprint density at radius 2 is 1.35 bits per heavy atom. The number of aliphatic hydroxyl groups is 5. The Kier molecular flexibility index (Phi) is 11.9. The van der Waals surface area contributed by atoms with Crippen LogP contribution in [-0.4, -0.2) is 132 Å². The molecule has 2 aliphatic heterocycles. The van der Waals surface area contributed by atoms with Crippen LogP contribution in [0.2, 0.25) is 0 Å². The number of amides is 2. The third-order valence-electron chi connectivity index (χ3n) is 6.46. The van der Waals surface area contributed by atoms with Crippen LogP contribution in [0.5, 0.6) is 11.5 Å². The van der Waals surface area contributed by atoms with Crippen molar-refractivity contribution in [3.05, 3.63) is 24.3 Å². The monoisotopic (exact) mass is 574 g/mol. The van der Waals surface area contributed by atoms with Crippen LogP contribution in [-0.2, 0) is 28.5 Å². The van der Waals surface area contributed by atoms with Crippen molar-refractivity contribution in [3.63, 3.8) is 0 Å². The summed E-state index contributed by atoms with van der Waals surface area (Å²) in [6.45, 7) is 1.13. The average molecular weight is 575 g/mol. The molecule has 2 heterocycles. The van der Waals surface area contributed by atoms with Crippen LogP contribution in [0.25, 0.3) is 0 Å². The Labute approximate surface area is 230 Å². The van der Waals surface area contributed by atoms with E-state index in [9.17, 15) is 35.1 Å². The fraction of sp³-hybridized carbons (Fsp3) is 0.680. The summed E-state index contributed by atoms with van der Waals surface area (Å²) >= 11 is 0. The van der Waals surface area contributed by atoms with Crippen LogP contribution in [0.4, 0.5) is 0 Å². The van der Waals surface area contributed by atoms with Gasteiger partial charge in [-0.2, -0.15) is 0 Å². The summed E-state index contributed by atoms with van der Waals surface area (Å²) in [6, 6.07) is 4.39. The van der Waals surface area contributed by atoms with Gasteiger partial charge in [0, 0.05) is 13.8 Å².